The van der Waals surface area contributed by atoms with E-state index < -0.39 is 0 Å². The first kappa shape index (κ1) is 12.4. The third-order valence-electron chi connectivity index (χ3n) is 3.09. The van der Waals surface area contributed by atoms with Gasteiger partial charge in [0, 0.05) is 35.2 Å². The zero-order chi connectivity index (χ0) is 12.4. The third-order valence-corrected chi connectivity index (χ3v) is 4.02. The molecule has 0 aliphatic carbocycles. The summed E-state index contributed by atoms with van der Waals surface area (Å²) in [6, 6.07) is 10.9. The van der Waals surface area contributed by atoms with Gasteiger partial charge in [0.05, 0.1) is 5.52 Å². The monoisotopic (exact) mass is 292 g/mol. The molecule has 0 spiro atoms. The Morgan fingerprint density at radius 1 is 1.35 bits per heavy atom. The molecule has 2 nitrogen and oxygen atoms in total. The van der Waals surface area contributed by atoms with Gasteiger partial charge >= 0.3 is 0 Å². The van der Waals surface area contributed by atoms with Gasteiger partial charge < -0.3 is 4.90 Å². The van der Waals surface area contributed by atoms with Crippen molar-refractivity contribution < 1.29 is 0 Å². The summed E-state index contributed by atoms with van der Waals surface area (Å²) in [5, 5.41) is 2.17. The van der Waals surface area contributed by atoms with Crippen molar-refractivity contribution in [1.82, 2.24) is 4.98 Å². The average molecular weight is 293 g/mol. The van der Waals surface area contributed by atoms with Crippen LogP contribution < -0.4 is 4.90 Å². The second-order valence-electron chi connectivity index (χ2n) is 4.41. The summed E-state index contributed by atoms with van der Waals surface area (Å²) in [4.78, 5) is 6.86. The van der Waals surface area contributed by atoms with E-state index in [9.17, 15) is 0 Å². The number of aromatic nitrogens is 1. The van der Waals surface area contributed by atoms with Gasteiger partial charge in [-0.2, -0.15) is 0 Å². The molecular formula is C14H17BrN2. The van der Waals surface area contributed by atoms with Gasteiger partial charge in [-0.05, 0) is 26.0 Å². The number of nitrogens with zero attached hydrogens (tertiary/aromatic N) is 2. The van der Waals surface area contributed by atoms with Gasteiger partial charge in [-0.25, -0.2) is 0 Å². The minimum absolute atomic E-state index is 0.459. The van der Waals surface area contributed by atoms with Gasteiger partial charge in [-0.1, -0.05) is 34.1 Å². The number of hydrogen-bond donors (Lipinski definition) is 0. The Labute approximate surface area is 111 Å². The topological polar surface area (TPSA) is 16.1 Å². The van der Waals surface area contributed by atoms with Crippen molar-refractivity contribution in [2.45, 2.75) is 19.9 Å². The lowest BCUT2D eigenvalue weighted by Crippen LogP contribution is -2.30. The second kappa shape index (κ2) is 5.05. The Morgan fingerprint density at radius 3 is 2.76 bits per heavy atom. The SMILES string of the molecule is Cc1cc(N(C)C(C)CBr)c2ccccc2n1. The van der Waals surface area contributed by atoms with Crippen molar-refractivity contribution in [3.8, 4) is 0 Å². The lowest BCUT2D eigenvalue weighted by atomic mass is 10.1. The molecule has 90 valence electrons. The molecule has 17 heavy (non-hydrogen) atoms. The highest BCUT2D eigenvalue weighted by Gasteiger charge is 2.12. The van der Waals surface area contributed by atoms with E-state index in [1.807, 2.05) is 13.0 Å². The number of anilines is 1. The summed E-state index contributed by atoms with van der Waals surface area (Å²) >= 11 is 3.54. The number of pyridine rings is 1. The minimum Gasteiger partial charge on any atom is -0.370 e. The van der Waals surface area contributed by atoms with Crippen molar-refractivity contribution in [3.63, 3.8) is 0 Å². The molecule has 0 radical (unpaired) electrons. The number of benzene rings is 1. The van der Waals surface area contributed by atoms with Gasteiger partial charge in [0.25, 0.3) is 0 Å². The van der Waals surface area contributed by atoms with Crippen molar-refractivity contribution >= 4 is 32.5 Å². The zero-order valence-electron chi connectivity index (χ0n) is 10.4. The molecule has 1 aromatic heterocycles. The number of para-hydroxylation sites is 1. The third kappa shape index (κ3) is 2.44. The van der Waals surface area contributed by atoms with Crippen molar-refractivity contribution in [2.24, 2.45) is 0 Å². The fourth-order valence-electron chi connectivity index (χ4n) is 1.92. The molecule has 1 heterocycles. The maximum absolute atomic E-state index is 4.57. The summed E-state index contributed by atoms with van der Waals surface area (Å²) < 4.78 is 0. The van der Waals surface area contributed by atoms with Gasteiger partial charge in [0.1, 0.15) is 0 Å². The first-order valence-electron chi connectivity index (χ1n) is 5.78. The van der Waals surface area contributed by atoms with E-state index in [1.54, 1.807) is 0 Å². The van der Waals surface area contributed by atoms with Crippen molar-refractivity contribution in [3.05, 3.63) is 36.0 Å². The van der Waals surface area contributed by atoms with Crippen LogP contribution in [0.2, 0.25) is 0 Å². The number of halogens is 1. The lowest BCUT2D eigenvalue weighted by molar-refractivity contribution is 0.771. The van der Waals surface area contributed by atoms with Gasteiger partial charge in [-0.3, -0.25) is 4.98 Å². The number of fused-ring (bicyclic) bond motifs is 1. The van der Waals surface area contributed by atoms with Crippen LogP contribution in [0.25, 0.3) is 10.9 Å². The molecule has 3 heteroatoms. The Balaban J connectivity index is 2.59. The van der Waals surface area contributed by atoms with Crippen LogP contribution in [0.5, 0.6) is 0 Å². The lowest BCUT2D eigenvalue weighted by Gasteiger charge is -2.27. The first-order valence-corrected chi connectivity index (χ1v) is 6.91. The number of hydrogen-bond acceptors (Lipinski definition) is 2. The molecule has 1 atom stereocenters. The van der Waals surface area contributed by atoms with E-state index >= 15 is 0 Å². The Bertz CT molecular complexity index is 525. The number of rotatable bonds is 3. The standard InChI is InChI=1S/C14H17BrN2/c1-10-8-14(17(3)11(2)9-15)12-6-4-5-7-13(12)16-10/h4-8,11H,9H2,1-3H3. The molecule has 1 unspecified atom stereocenters. The highest BCUT2D eigenvalue weighted by Crippen LogP contribution is 2.27. The molecule has 0 amide bonds. The molecule has 0 N–H and O–H groups in total. The van der Waals surface area contributed by atoms with Crippen LogP contribution in [0.1, 0.15) is 12.6 Å². The quantitative estimate of drug-likeness (QED) is 0.801. The molecular weight excluding hydrogens is 276 g/mol. The van der Waals surface area contributed by atoms with Crippen LogP contribution in [0.4, 0.5) is 5.69 Å². The molecule has 0 aliphatic rings. The molecule has 0 aliphatic heterocycles. The number of aryl methyl sites for hydroxylation is 1. The smallest absolute Gasteiger partial charge is 0.0726 e. The zero-order valence-corrected chi connectivity index (χ0v) is 12.0. The Morgan fingerprint density at radius 2 is 2.06 bits per heavy atom. The largest absolute Gasteiger partial charge is 0.370 e. The molecule has 0 bridgehead atoms. The summed E-state index contributed by atoms with van der Waals surface area (Å²) in [5.74, 6) is 0. The predicted octanol–water partition coefficient (Wildman–Crippen LogP) is 3.76. The first-order chi connectivity index (χ1) is 8.13. The molecule has 1 aromatic carbocycles. The van der Waals surface area contributed by atoms with E-state index in [4.69, 9.17) is 0 Å². The molecule has 0 saturated carbocycles. The van der Waals surface area contributed by atoms with Crippen LogP contribution >= 0.6 is 15.9 Å². The Hall–Kier alpha value is -1.09. The molecule has 0 saturated heterocycles. The van der Waals surface area contributed by atoms with E-state index in [2.05, 4.69) is 64.1 Å². The maximum atomic E-state index is 4.57. The van der Waals surface area contributed by atoms with Crippen LogP contribution in [0, 0.1) is 6.92 Å². The summed E-state index contributed by atoms with van der Waals surface area (Å²) in [5.41, 5.74) is 3.38. The van der Waals surface area contributed by atoms with E-state index in [-0.39, 0.29) is 0 Å². The maximum Gasteiger partial charge on any atom is 0.0726 e. The second-order valence-corrected chi connectivity index (χ2v) is 5.06. The predicted molar refractivity (Wildman–Crippen MR) is 78.1 cm³/mol. The average Bonchev–Trinajstić information content (AvgIpc) is 2.35. The minimum atomic E-state index is 0.459. The van der Waals surface area contributed by atoms with E-state index in [1.165, 1.54) is 11.1 Å². The highest BCUT2D eigenvalue weighted by molar-refractivity contribution is 9.09. The van der Waals surface area contributed by atoms with Gasteiger partial charge in [-0.15, -0.1) is 0 Å². The molecule has 2 aromatic rings. The van der Waals surface area contributed by atoms with Crippen LogP contribution in [0.15, 0.2) is 30.3 Å². The van der Waals surface area contributed by atoms with Crippen molar-refractivity contribution in [2.75, 3.05) is 17.3 Å². The van der Waals surface area contributed by atoms with Crippen LogP contribution in [-0.2, 0) is 0 Å². The van der Waals surface area contributed by atoms with Gasteiger partial charge in [0.15, 0.2) is 0 Å². The van der Waals surface area contributed by atoms with E-state index in [0.29, 0.717) is 6.04 Å². The van der Waals surface area contributed by atoms with Crippen molar-refractivity contribution in [1.29, 1.82) is 0 Å². The van der Waals surface area contributed by atoms with Crippen LogP contribution in [-0.4, -0.2) is 23.4 Å². The summed E-state index contributed by atoms with van der Waals surface area (Å²) in [6.45, 7) is 4.25. The fourth-order valence-corrected chi connectivity index (χ4v) is 2.35. The summed E-state index contributed by atoms with van der Waals surface area (Å²) in [6.07, 6.45) is 0. The molecule has 0 fully saturated rings. The number of alkyl halides is 1. The van der Waals surface area contributed by atoms with E-state index in [0.717, 1.165) is 16.5 Å². The summed E-state index contributed by atoms with van der Waals surface area (Å²) in [7, 11) is 2.13. The Kier molecular flexibility index (Phi) is 3.67. The normalized spacial score (nSPS) is 12.7. The van der Waals surface area contributed by atoms with Crippen LogP contribution in [0.3, 0.4) is 0 Å². The molecule has 2 rings (SSSR count). The fraction of sp³-hybridized carbons (Fsp3) is 0.357. The van der Waals surface area contributed by atoms with Gasteiger partial charge in [0.2, 0.25) is 0 Å². The highest BCUT2D eigenvalue weighted by atomic mass is 79.9.